The number of hydrogen-bond donors (Lipinski definition) is 1. The van der Waals surface area contributed by atoms with Crippen molar-refractivity contribution < 1.29 is 22.7 Å². The first-order chi connectivity index (χ1) is 17.5. The second-order valence-electron chi connectivity index (χ2n) is 10.2. The number of carbonyl (C=O) groups excluding carboxylic acids is 2. The highest BCUT2D eigenvalue weighted by atomic mass is 32.2. The largest absolute Gasteiger partial charge is 0.383 e. The molecule has 11 heteroatoms. The van der Waals surface area contributed by atoms with Crippen molar-refractivity contribution in [2.45, 2.75) is 49.3 Å². The number of rotatable bonds is 9. The molecule has 0 unspecified atom stereocenters. The van der Waals surface area contributed by atoms with Gasteiger partial charge in [0, 0.05) is 33.3 Å². The SMILES string of the molecule is COCC(C)(C)S(=O)(=O)C1(CN2CCn3c(ccc(C(=O)NCc4ccc(C#N)cc4)c3=O)C2=O)CC1. The number of pyridine rings is 1. The van der Waals surface area contributed by atoms with E-state index >= 15 is 0 Å². The Balaban J connectivity index is 1.48. The molecule has 4 rings (SSSR count). The minimum atomic E-state index is -3.60. The average Bonchev–Trinajstić information content (AvgIpc) is 3.66. The molecule has 2 aromatic rings. The number of nitriles is 1. The van der Waals surface area contributed by atoms with Crippen molar-refractivity contribution in [3.63, 3.8) is 0 Å². The fourth-order valence-corrected chi connectivity index (χ4v) is 7.19. The van der Waals surface area contributed by atoms with Crippen LogP contribution in [0.3, 0.4) is 0 Å². The molecule has 2 aliphatic rings. The van der Waals surface area contributed by atoms with Crippen LogP contribution >= 0.6 is 0 Å². The van der Waals surface area contributed by atoms with E-state index in [1.54, 1.807) is 38.1 Å². The normalized spacial score (nSPS) is 16.6. The van der Waals surface area contributed by atoms with Gasteiger partial charge >= 0.3 is 0 Å². The quantitative estimate of drug-likeness (QED) is 0.522. The van der Waals surface area contributed by atoms with Gasteiger partial charge in [0.15, 0.2) is 9.84 Å². The van der Waals surface area contributed by atoms with Crippen molar-refractivity contribution in [1.29, 1.82) is 5.26 Å². The van der Waals surface area contributed by atoms with Crippen LogP contribution in [0.2, 0.25) is 0 Å². The topological polar surface area (TPSA) is 139 Å². The van der Waals surface area contributed by atoms with Crippen LogP contribution in [0.5, 0.6) is 0 Å². The van der Waals surface area contributed by atoms with Gasteiger partial charge in [-0.1, -0.05) is 12.1 Å². The fraction of sp³-hybridized carbons (Fsp3) is 0.462. The smallest absolute Gasteiger partial charge is 0.270 e. The van der Waals surface area contributed by atoms with E-state index in [1.165, 1.54) is 28.7 Å². The van der Waals surface area contributed by atoms with Gasteiger partial charge < -0.3 is 19.5 Å². The minimum Gasteiger partial charge on any atom is -0.383 e. The summed E-state index contributed by atoms with van der Waals surface area (Å²) in [6.45, 7) is 3.88. The molecule has 0 spiro atoms. The highest BCUT2D eigenvalue weighted by Crippen LogP contribution is 2.49. The number of nitrogens with one attached hydrogen (secondary N) is 1. The molecule has 2 heterocycles. The van der Waals surface area contributed by atoms with E-state index in [0.717, 1.165) is 5.56 Å². The molecule has 1 aromatic carbocycles. The molecular formula is C26H30N4O6S. The van der Waals surface area contributed by atoms with Crippen LogP contribution in [0, 0.1) is 11.3 Å². The number of sulfone groups is 1. The summed E-state index contributed by atoms with van der Waals surface area (Å²) >= 11 is 0. The number of benzene rings is 1. The summed E-state index contributed by atoms with van der Waals surface area (Å²) in [7, 11) is -2.15. The lowest BCUT2D eigenvalue weighted by molar-refractivity contribution is 0.0694. The van der Waals surface area contributed by atoms with E-state index < -0.39 is 36.7 Å². The molecule has 2 amide bonds. The Bertz CT molecular complexity index is 1430. The van der Waals surface area contributed by atoms with E-state index in [0.29, 0.717) is 18.4 Å². The van der Waals surface area contributed by atoms with Gasteiger partial charge in [-0.3, -0.25) is 14.4 Å². The second-order valence-corrected chi connectivity index (χ2v) is 13.2. The number of nitrogens with zero attached hydrogens (tertiary/aromatic N) is 3. The Morgan fingerprint density at radius 3 is 2.41 bits per heavy atom. The molecule has 1 N–H and O–H groups in total. The number of ether oxygens (including phenoxy) is 1. The molecule has 0 atom stereocenters. The summed E-state index contributed by atoms with van der Waals surface area (Å²) in [5.74, 6) is -0.998. The molecule has 37 heavy (non-hydrogen) atoms. The highest BCUT2D eigenvalue weighted by Gasteiger charge is 2.60. The molecular weight excluding hydrogens is 496 g/mol. The first kappa shape index (κ1) is 26.6. The van der Waals surface area contributed by atoms with Crippen LogP contribution in [0.1, 0.15) is 58.7 Å². The zero-order valence-electron chi connectivity index (χ0n) is 21.1. The first-order valence-corrected chi connectivity index (χ1v) is 13.5. The standard InChI is InChI=1S/C26H30N4O6S/c1-25(2,17-36-3)37(34,35)26(10-11-26)16-29-12-13-30-21(24(29)33)9-8-20(23(30)32)22(31)28-15-19-6-4-18(14-27)5-7-19/h4-9H,10-13,15-17H2,1-3H3,(H,28,31). The van der Waals surface area contributed by atoms with E-state index in [2.05, 4.69) is 5.32 Å². The summed E-state index contributed by atoms with van der Waals surface area (Å²) in [5, 5.41) is 11.6. The molecule has 1 fully saturated rings. The summed E-state index contributed by atoms with van der Waals surface area (Å²) in [6.07, 6.45) is 0.939. The Labute approximate surface area is 215 Å². The van der Waals surface area contributed by atoms with Gasteiger partial charge in [-0.05, 0) is 56.5 Å². The molecule has 196 valence electrons. The lowest BCUT2D eigenvalue weighted by Crippen LogP contribution is -2.53. The van der Waals surface area contributed by atoms with Gasteiger partial charge in [0.2, 0.25) is 0 Å². The van der Waals surface area contributed by atoms with Gasteiger partial charge in [-0.15, -0.1) is 0 Å². The van der Waals surface area contributed by atoms with Crippen LogP contribution < -0.4 is 10.9 Å². The third-order valence-corrected chi connectivity index (χ3v) is 10.4. The molecule has 1 aromatic heterocycles. The van der Waals surface area contributed by atoms with Crippen LogP contribution in [0.4, 0.5) is 0 Å². The Kier molecular flexibility index (Phi) is 7.01. The number of aromatic nitrogens is 1. The van der Waals surface area contributed by atoms with Crippen molar-refractivity contribution in [3.05, 3.63) is 69.1 Å². The summed E-state index contributed by atoms with van der Waals surface area (Å²) in [5.41, 5.74) is 0.753. The van der Waals surface area contributed by atoms with Crippen molar-refractivity contribution in [1.82, 2.24) is 14.8 Å². The molecule has 1 saturated carbocycles. The monoisotopic (exact) mass is 526 g/mol. The highest BCUT2D eigenvalue weighted by molar-refractivity contribution is 7.94. The van der Waals surface area contributed by atoms with Crippen LogP contribution in [0.25, 0.3) is 0 Å². The van der Waals surface area contributed by atoms with Crippen molar-refractivity contribution in [3.8, 4) is 6.07 Å². The van der Waals surface area contributed by atoms with Gasteiger partial charge in [0.1, 0.15) is 11.3 Å². The number of carbonyl (C=O) groups is 2. The zero-order valence-corrected chi connectivity index (χ0v) is 21.9. The number of methoxy groups -OCH3 is 1. The predicted octanol–water partition coefficient (Wildman–Crippen LogP) is 1.48. The van der Waals surface area contributed by atoms with Crippen molar-refractivity contribution >= 4 is 21.7 Å². The summed E-state index contributed by atoms with van der Waals surface area (Å²) in [6, 6.07) is 11.5. The van der Waals surface area contributed by atoms with E-state index in [4.69, 9.17) is 10.00 Å². The molecule has 0 radical (unpaired) electrons. The number of amides is 2. The molecule has 0 bridgehead atoms. The van der Waals surface area contributed by atoms with Gasteiger partial charge in [0.25, 0.3) is 17.4 Å². The van der Waals surface area contributed by atoms with E-state index in [9.17, 15) is 22.8 Å². The third-order valence-electron chi connectivity index (χ3n) is 7.13. The van der Waals surface area contributed by atoms with E-state index in [1.807, 2.05) is 6.07 Å². The van der Waals surface area contributed by atoms with Gasteiger partial charge in [0.05, 0.1) is 27.7 Å². The second kappa shape index (κ2) is 9.76. The average molecular weight is 527 g/mol. The lowest BCUT2D eigenvalue weighted by atomic mass is 10.1. The van der Waals surface area contributed by atoms with Crippen LogP contribution in [-0.4, -0.2) is 66.0 Å². The summed E-state index contributed by atoms with van der Waals surface area (Å²) < 4.78 is 31.1. The number of hydrogen-bond acceptors (Lipinski definition) is 7. The van der Waals surface area contributed by atoms with Gasteiger partial charge in [-0.2, -0.15) is 5.26 Å². The minimum absolute atomic E-state index is 0.0548. The van der Waals surface area contributed by atoms with Crippen molar-refractivity contribution in [2.75, 3.05) is 26.8 Å². The van der Waals surface area contributed by atoms with Gasteiger partial charge in [-0.25, -0.2) is 8.42 Å². The Hall–Kier alpha value is -3.49. The zero-order chi connectivity index (χ0) is 27.0. The van der Waals surface area contributed by atoms with Crippen LogP contribution in [-0.2, 0) is 27.7 Å². The van der Waals surface area contributed by atoms with Crippen molar-refractivity contribution in [2.24, 2.45) is 0 Å². The first-order valence-electron chi connectivity index (χ1n) is 12.0. The number of fused-ring (bicyclic) bond motifs is 1. The van der Waals surface area contributed by atoms with Crippen LogP contribution in [0.15, 0.2) is 41.2 Å². The Morgan fingerprint density at radius 1 is 1.14 bits per heavy atom. The Morgan fingerprint density at radius 2 is 1.81 bits per heavy atom. The maximum absolute atomic E-state index is 13.4. The summed E-state index contributed by atoms with van der Waals surface area (Å²) in [4.78, 5) is 40.5. The molecule has 0 saturated heterocycles. The maximum atomic E-state index is 13.4. The lowest BCUT2D eigenvalue weighted by Gasteiger charge is -2.35. The third kappa shape index (κ3) is 4.79. The van der Waals surface area contributed by atoms with E-state index in [-0.39, 0.29) is 44.0 Å². The fourth-order valence-electron chi connectivity index (χ4n) is 4.78. The molecule has 1 aliphatic heterocycles. The molecule has 10 nitrogen and oxygen atoms in total. The molecule has 1 aliphatic carbocycles. The maximum Gasteiger partial charge on any atom is 0.270 e. The predicted molar refractivity (Wildman–Crippen MR) is 136 cm³/mol.